The number of nitrogens with zero attached hydrogens (tertiary/aromatic N) is 4. The minimum atomic E-state index is -0.142. The van der Waals surface area contributed by atoms with Gasteiger partial charge >= 0.3 is 0 Å². The first-order valence-electron chi connectivity index (χ1n) is 9.60. The normalized spacial score (nSPS) is 10.6. The van der Waals surface area contributed by atoms with Gasteiger partial charge in [-0.1, -0.05) is 12.1 Å². The van der Waals surface area contributed by atoms with E-state index in [9.17, 15) is 4.79 Å². The molecule has 4 rings (SSSR count). The van der Waals surface area contributed by atoms with E-state index in [1.807, 2.05) is 41.8 Å². The van der Waals surface area contributed by atoms with Crippen LogP contribution < -0.4 is 14.8 Å². The molecule has 4 aromatic rings. The average molecular weight is 436 g/mol. The number of methoxy groups -OCH3 is 2. The van der Waals surface area contributed by atoms with Crippen molar-refractivity contribution < 1.29 is 14.3 Å². The summed E-state index contributed by atoms with van der Waals surface area (Å²) in [5.41, 5.74) is 0.979. The molecule has 0 saturated heterocycles. The SMILES string of the molecule is COc1ccc(CCC(=O)Nc2cc(-n3cccn3)nc(-c3cccs3)n2)cc1OC. The standard InChI is InChI=1S/C22H21N5O3S/c1-29-16-8-6-15(13-17(16)30-2)7-9-21(28)24-19-14-20(27-11-4-10-23-27)26-22(25-19)18-5-3-12-31-18/h3-6,8,10-14H,7,9H2,1-2H3,(H,24,25,26,28). The van der Waals surface area contributed by atoms with Crippen molar-refractivity contribution in [1.29, 1.82) is 0 Å². The number of aromatic nitrogens is 4. The number of hydrogen-bond donors (Lipinski definition) is 1. The zero-order valence-corrected chi connectivity index (χ0v) is 17.9. The topological polar surface area (TPSA) is 91.2 Å². The molecule has 31 heavy (non-hydrogen) atoms. The van der Waals surface area contributed by atoms with Crippen molar-refractivity contribution in [3.8, 4) is 28.0 Å². The Labute approximate surface area is 183 Å². The van der Waals surface area contributed by atoms with Gasteiger partial charge in [-0.05, 0) is 41.6 Å². The molecule has 8 nitrogen and oxygen atoms in total. The second-order valence-electron chi connectivity index (χ2n) is 6.60. The quantitative estimate of drug-likeness (QED) is 0.450. The smallest absolute Gasteiger partial charge is 0.225 e. The van der Waals surface area contributed by atoms with Crippen LogP contribution in [0, 0.1) is 0 Å². The Morgan fingerprint density at radius 1 is 1.10 bits per heavy atom. The zero-order chi connectivity index (χ0) is 21.6. The van der Waals surface area contributed by atoms with Crippen molar-refractivity contribution in [2.75, 3.05) is 19.5 Å². The number of hydrogen-bond acceptors (Lipinski definition) is 7. The molecular weight excluding hydrogens is 414 g/mol. The number of thiophene rings is 1. The Balaban J connectivity index is 1.50. The van der Waals surface area contributed by atoms with Crippen LogP contribution in [0.25, 0.3) is 16.5 Å². The summed E-state index contributed by atoms with van der Waals surface area (Å²) in [6, 6.07) is 13.0. The van der Waals surface area contributed by atoms with E-state index in [-0.39, 0.29) is 5.91 Å². The van der Waals surface area contributed by atoms with Crippen molar-refractivity contribution in [3.63, 3.8) is 0 Å². The van der Waals surface area contributed by atoms with E-state index in [1.54, 1.807) is 37.4 Å². The number of benzene rings is 1. The predicted molar refractivity (Wildman–Crippen MR) is 119 cm³/mol. The number of ether oxygens (including phenoxy) is 2. The molecule has 0 aliphatic rings. The molecule has 0 saturated carbocycles. The summed E-state index contributed by atoms with van der Waals surface area (Å²) in [5, 5.41) is 9.08. The Bertz CT molecular complexity index is 1110. The number of carbonyl (C=O) groups is 1. The summed E-state index contributed by atoms with van der Waals surface area (Å²) in [6.45, 7) is 0. The second-order valence-corrected chi connectivity index (χ2v) is 7.55. The molecule has 1 aromatic carbocycles. The number of anilines is 1. The van der Waals surface area contributed by atoms with Gasteiger partial charge in [0, 0.05) is 24.9 Å². The maximum Gasteiger partial charge on any atom is 0.225 e. The van der Waals surface area contributed by atoms with Gasteiger partial charge in [0.1, 0.15) is 5.82 Å². The molecule has 0 aliphatic carbocycles. The van der Waals surface area contributed by atoms with Gasteiger partial charge in [-0.3, -0.25) is 4.79 Å². The summed E-state index contributed by atoms with van der Waals surface area (Å²) >= 11 is 1.53. The van der Waals surface area contributed by atoms with Crippen LogP contribution in [0.3, 0.4) is 0 Å². The van der Waals surface area contributed by atoms with Gasteiger partial charge in [0.2, 0.25) is 5.91 Å². The highest BCUT2D eigenvalue weighted by Crippen LogP contribution is 2.28. The average Bonchev–Trinajstić information content (AvgIpc) is 3.52. The molecule has 0 atom stereocenters. The first-order chi connectivity index (χ1) is 15.2. The maximum atomic E-state index is 12.6. The first-order valence-corrected chi connectivity index (χ1v) is 10.5. The number of nitrogens with one attached hydrogen (secondary N) is 1. The molecule has 0 bridgehead atoms. The van der Waals surface area contributed by atoms with Crippen molar-refractivity contribution in [1.82, 2.24) is 19.7 Å². The second kappa shape index (κ2) is 9.40. The van der Waals surface area contributed by atoms with Gasteiger partial charge < -0.3 is 14.8 Å². The fourth-order valence-electron chi connectivity index (χ4n) is 3.04. The Morgan fingerprint density at radius 3 is 2.68 bits per heavy atom. The van der Waals surface area contributed by atoms with E-state index < -0.39 is 0 Å². The van der Waals surface area contributed by atoms with E-state index in [2.05, 4.69) is 20.4 Å². The highest BCUT2D eigenvalue weighted by Gasteiger charge is 2.12. The third-order valence-electron chi connectivity index (χ3n) is 4.55. The van der Waals surface area contributed by atoms with Crippen LogP contribution in [0.5, 0.6) is 11.5 Å². The van der Waals surface area contributed by atoms with Crippen LogP contribution in [-0.4, -0.2) is 39.9 Å². The van der Waals surface area contributed by atoms with Gasteiger partial charge in [-0.25, -0.2) is 14.6 Å². The Kier molecular flexibility index (Phi) is 6.23. The number of aryl methyl sites for hydroxylation is 1. The molecule has 3 heterocycles. The minimum absolute atomic E-state index is 0.142. The number of amides is 1. The summed E-state index contributed by atoms with van der Waals surface area (Å²) in [6.07, 6.45) is 4.32. The fraction of sp³-hybridized carbons (Fsp3) is 0.182. The van der Waals surface area contributed by atoms with Crippen molar-refractivity contribution >= 4 is 23.1 Å². The van der Waals surface area contributed by atoms with E-state index in [0.717, 1.165) is 10.4 Å². The van der Waals surface area contributed by atoms with Crippen molar-refractivity contribution in [2.45, 2.75) is 12.8 Å². The third-order valence-corrected chi connectivity index (χ3v) is 5.42. The monoisotopic (exact) mass is 435 g/mol. The van der Waals surface area contributed by atoms with Gasteiger partial charge in [-0.15, -0.1) is 11.3 Å². The van der Waals surface area contributed by atoms with Crippen molar-refractivity contribution in [3.05, 3.63) is 65.8 Å². The van der Waals surface area contributed by atoms with Crippen LogP contribution in [0.15, 0.2) is 60.2 Å². The highest BCUT2D eigenvalue weighted by atomic mass is 32.1. The van der Waals surface area contributed by atoms with Gasteiger partial charge in [0.05, 0.1) is 19.1 Å². The summed E-state index contributed by atoms with van der Waals surface area (Å²) in [7, 11) is 3.18. The van der Waals surface area contributed by atoms with Gasteiger partial charge in [0.15, 0.2) is 23.1 Å². The molecule has 0 radical (unpaired) electrons. The Hall–Kier alpha value is -3.72. The predicted octanol–water partition coefficient (Wildman–Crippen LogP) is 3.98. The molecule has 1 N–H and O–H groups in total. The van der Waals surface area contributed by atoms with Crippen LogP contribution >= 0.6 is 11.3 Å². The fourth-order valence-corrected chi connectivity index (χ4v) is 3.69. The molecule has 0 aliphatic heterocycles. The molecule has 0 spiro atoms. The van der Waals surface area contributed by atoms with Gasteiger partial charge in [-0.2, -0.15) is 5.10 Å². The molecule has 1 amide bonds. The molecular formula is C22H21N5O3S. The summed E-state index contributed by atoms with van der Waals surface area (Å²) in [4.78, 5) is 22.6. The van der Waals surface area contributed by atoms with Crippen LogP contribution in [-0.2, 0) is 11.2 Å². The maximum absolute atomic E-state index is 12.6. The largest absolute Gasteiger partial charge is 0.493 e. The van der Waals surface area contributed by atoms with Crippen molar-refractivity contribution in [2.24, 2.45) is 0 Å². The van der Waals surface area contributed by atoms with E-state index in [4.69, 9.17) is 9.47 Å². The first kappa shape index (κ1) is 20.5. The van der Waals surface area contributed by atoms with Crippen LogP contribution in [0.1, 0.15) is 12.0 Å². The van der Waals surface area contributed by atoms with E-state index in [0.29, 0.717) is 41.8 Å². The highest BCUT2D eigenvalue weighted by molar-refractivity contribution is 7.13. The lowest BCUT2D eigenvalue weighted by Gasteiger charge is -2.10. The molecule has 9 heteroatoms. The molecule has 0 fully saturated rings. The summed E-state index contributed by atoms with van der Waals surface area (Å²) in [5.74, 6) is 2.71. The molecule has 0 unspecified atom stereocenters. The number of rotatable bonds is 8. The van der Waals surface area contributed by atoms with E-state index >= 15 is 0 Å². The van der Waals surface area contributed by atoms with Crippen LogP contribution in [0.4, 0.5) is 5.82 Å². The third kappa shape index (κ3) is 4.89. The lowest BCUT2D eigenvalue weighted by atomic mass is 10.1. The number of carbonyl (C=O) groups excluding carboxylic acids is 1. The molecule has 3 aromatic heterocycles. The lowest BCUT2D eigenvalue weighted by molar-refractivity contribution is -0.116. The Morgan fingerprint density at radius 2 is 1.97 bits per heavy atom. The lowest BCUT2D eigenvalue weighted by Crippen LogP contribution is -2.15. The van der Waals surface area contributed by atoms with E-state index in [1.165, 1.54) is 11.3 Å². The van der Waals surface area contributed by atoms with Crippen LogP contribution in [0.2, 0.25) is 0 Å². The molecule has 158 valence electrons. The zero-order valence-electron chi connectivity index (χ0n) is 17.1. The van der Waals surface area contributed by atoms with Gasteiger partial charge in [0.25, 0.3) is 0 Å². The summed E-state index contributed by atoms with van der Waals surface area (Å²) < 4.78 is 12.2. The minimum Gasteiger partial charge on any atom is -0.493 e.